The Morgan fingerprint density at radius 1 is 1.21 bits per heavy atom. The van der Waals surface area contributed by atoms with Gasteiger partial charge in [0.15, 0.2) is 0 Å². The van der Waals surface area contributed by atoms with E-state index in [4.69, 9.17) is 5.11 Å². The van der Waals surface area contributed by atoms with Gasteiger partial charge in [0.2, 0.25) is 5.91 Å². The van der Waals surface area contributed by atoms with Crippen LogP contribution in [-0.4, -0.2) is 35.5 Å². The molecule has 1 atom stereocenters. The Balaban J connectivity index is 2.01. The maximum absolute atomic E-state index is 12.4. The van der Waals surface area contributed by atoms with Gasteiger partial charge in [0.25, 0.3) is 5.91 Å². The zero-order valence-corrected chi connectivity index (χ0v) is 14.3. The lowest BCUT2D eigenvalue weighted by molar-refractivity contribution is -0.143. The monoisotopic (exact) mass is 332 g/mol. The van der Waals surface area contributed by atoms with E-state index in [-0.39, 0.29) is 24.3 Å². The molecule has 0 aromatic heterocycles. The van der Waals surface area contributed by atoms with Crippen LogP contribution in [0.1, 0.15) is 42.6 Å². The molecule has 1 saturated carbocycles. The van der Waals surface area contributed by atoms with Gasteiger partial charge in [-0.3, -0.25) is 14.4 Å². The van der Waals surface area contributed by atoms with Crippen molar-refractivity contribution in [1.82, 2.24) is 10.6 Å². The fraction of sp³-hybridized carbons (Fsp3) is 0.500. The number of hydrogen-bond acceptors (Lipinski definition) is 3. The third-order valence-corrected chi connectivity index (χ3v) is 4.53. The highest BCUT2D eigenvalue weighted by Crippen LogP contribution is 2.45. The van der Waals surface area contributed by atoms with Crippen LogP contribution in [0.15, 0.2) is 24.3 Å². The molecule has 2 rings (SSSR count). The number of carbonyl (C=O) groups excluding carboxylic acids is 2. The molecule has 6 nitrogen and oxygen atoms in total. The molecule has 3 N–H and O–H groups in total. The minimum Gasteiger partial charge on any atom is -0.481 e. The third kappa shape index (κ3) is 3.93. The Morgan fingerprint density at radius 3 is 2.33 bits per heavy atom. The summed E-state index contributed by atoms with van der Waals surface area (Å²) in [6.45, 7) is 5.62. The predicted octanol–water partition coefficient (Wildman–Crippen LogP) is 1.73. The molecule has 1 fully saturated rings. The standard InChI is InChI=1S/C18H24N2O4/c1-11(2)14(16(22)19-10-18(8-9-18)17(23)24)20-15(21)13-7-5-4-6-12(13)3/h4-7,11,14H,8-10H2,1-3H3,(H,19,22)(H,20,21)(H,23,24). The summed E-state index contributed by atoms with van der Waals surface area (Å²) in [5.74, 6) is -1.65. The molecule has 2 amide bonds. The summed E-state index contributed by atoms with van der Waals surface area (Å²) in [7, 11) is 0. The number of hydrogen-bond donors (Lipinski definition) is 3. The number of amides is 2. The van der Waals surface area contributed by atoms with Crippen molar-refractivity contribution >= 4 is 17.8 Å². The Kier molecular flexibility index (Phi) is 5.26. The summed E-state index contributed by atoms with van der Waals surface area (Å²) in [4.78, 5) is 36.0. The first kappa shape index (κ1) is 18.0. The van der Waals surface area contributed by atoms with Crippen molar-refractivity contribution in [1.29, 1.82) is 0 Å². The first-order valence-corrected chi connectivity index (χ1v) is 8.14. The molecule has 24 heavy (non-hydrogen) atoms. The molecule has 130 valence electrons. The van der Waals surface area contributed by atoms with Crippen LogP contribution in [0.2, 0.25) is 0 Å². The number of benzene rings is 1. The quantitative estimate of drug-likeness (QED) is 0.708. The molecule has 1 aliphatic rings. The number of carboxylic acids is 1. The highest BCUT2D eigenvalue weighted by molar-refractivity contribution is 5.98. The van der Waals surface area contributed by atoms with E-state index in [0.717, 1.165) is 5.56 Å². The fourth-order valence-electron chi connectivity index (χ4n) is 2.57. The second-order valence-corrected chi connectivity index (χ2v) is 6.81. The van der Waals surface area contributed by atoms with Crippen LogP contribution in [0.5, 0.6) is 0 Å². The van der Waals surface area contributed by atoms with Crippen molar-refractivity contribution in [2.45, 2.75) is 39.7 Å². The average Bonchev–Trinajstić information content (AvgIpc) is 3.31. The highest BCUT2D eigenvalue weighted by Gasteiger charge is 2.50. The van der Waals surface area contributed by atoms with Crippen LogP contribution in [-0.2, 0) is 9.59 Å². The van der Waals surface area contributed by atoms with E-state index < -0.39 is 17.4 Å². The Morgan fingerprint density at radius 2 is 1.83 bits per heavy atom. The molecule has 1 unspecified atom stereocenters. The Bertz CT molecular complexity index is 650. The molecule has 1 aromatic rings. The van der Waals surface area contributed by atoms with E-state index in [1.54, 1.807) is 12.1 Å². The van der Waals surface area contributed by atoms with E-state index in [1.165, 1.54) is 0 Å². The van der Waals surface area contributed by atoms with Crippen LogP contribution in [0, 0.1) is 18.3 Å². The summed E-state index contributed by atoms with van der Waals surface area (Å²) in [5, 5.41) is 14.6. The summed E-state index contributed by atoms with van der Waals surface area (Å²) < 4.78 is 0. The highest BCUT2D eigenvalue weighted by atomic mass is 16.4. The van der Waals surface area contributed by atoms with E-state index in [9.17, 15) is 14.4 Å². The van der Waals surface area contributed by atoms with E-state index in [0.29, 0.717) is 18.4 Å². The summed E-state index contributed by atoms with van der Waals surface area (Å²) in [5.41, 5.74) is 0.540. The second kappa shape index (κ2) is 7.03. The third-order valence-electron chi connectivity index (χ3n) is 4.53. The van der Waals surface area contributed by atoms with Gasteiger partial charge in [-0.2, -0.15) is 0 Å². The van der Waals surface area contributed by atoms with Gasteiger partial charge in [-0.1, -0.05) is 32.0 Å². The molecule has 0 bridgehead atoms. The van der Waals surface area contributed by atoms with Crippen LogP contribution in [0.3, 0.4) is 0 Å². The van der Waals surface area contributed by atoms with Gasteiger partial charge in [-0.15, -0.1) is 0 Å². The van der Waals surface area contributed by atoms with Gasteiger partial charge in [0, 0.05) is 12.1 Å². The number of nitrogens with one attached hydrogen (secondary N) is 2. The summed E-state index contributed by atoms with van der Waals surface area (Å²) >= 11 is 0. The first-order chi connectivity index (χ1) is 11.3. The summed E-state index contributed by atoms with van der Waals surface area (Å²) in [6.07, 6.45) is 1.15. The van der Waals surface area contributed by atoms with Gasteiger partial charge < -0.3 is 15.7 Å². The number of aliphatic carboxylic acids is 1. The van der Waals surface area contributed by atoms with Crippen LogP contribution >= 0.6 is 0 Å². The van der Waals surface area contributed by atoms with Crippen LogP contribution < -0.4 is 10.6 Å². The van der Waals surface area contributed by atoms with Crippen LogP contribution in [0.25, 0.3) is 0 Å². The van der Waals surface area contributed by atoms with Gasteiger partial charge in [-0.05, 0) is 37.3 Å². The zero-order chi connectivity index (χ0) is 17.9. The smallest absolute Gasteiger partial charge is 0.311 e. The van der Waals surface area contributed by atoms with Crippen molar-refractivity contribution in [3.05, 3.63) is 35.4 Å². The molecule has 0 radical (unpaired) electrons. The molecule has 1 aromatic carbocycles. The van der Waals surface area contributed by atoms with Crippen molar-refractivity contribution in [3.8, 4) is 0 Å². The van der Waals surface area contributed by atoms with Gasteiger partial charge >= 0.3 is 5.97 Å². The SMILES string of the molecule is Cc1ccccc1C(=O)NC(C(=O)NCC1(C(=O)O)CC1)C(C)C. The number of carboxylic acid groups (broad SMARTS) is 1. The second-order valence-electron chi connectivity index (χ2n) is 6.81. The molecule has 6 heteroatoms. The van der Waals surface area contributed by atoms with Gasteiger partial charge in [-0.25, -0.2) is 0 Å². The lowest BCUT2D eigenvalue weighted by atomic mass is 10.0. The van der Waals surface area contributed by atoms with E-state index in [1.807, 2.05) is 32.9 Å². The van der Waals surface area contributed by atoms with Gasteiger partial charge in [0.05, 0.1) is 5.41 Å². The lowest BCUT2D eigenvalue weighted by Crippen LogP contribution is -2.51. The maximum atomic E-state index is 12.4. The first-order valence-electron chi connectivity index (χ1n) is 8.14. The summed E-state index contributed by atoms with van der Waals surface area (Å²) in [6, 6.07) is 6.46. The maximum Gasteiger partial charge on any atom is 0.311 e. The molecular weight excluding hydrogens is 308 g/mol. The largest absolute Gasteiger partial charge is 0.481 e. The molecule has 0 aliphatic heterocycles. The van der Waals surface area contributed by atoms with Crippen molar-refractivity contribution in [2.75, 3.05) is 6.54 Å². The molecule has 0 spiro atoms. The van der Waals surface area contributed by atoms with E-state index >= 15 is 0 Å². The Labute approximate surface area is 141 Å². The predicted molar refractivity (Wildman–Crippen MR) is 89.6 cm³/mol. The zero-order valence-electron chi connectivity index (χ0n) is 14.3. The topological polar surface area (TPSA) is 95.5 Å². The van der Waals surface area contributed by atoms with E-state index in [2.05, 4.69) is 10.6 Å². The molecule has 0 saturated heterocycles. The number of carbonyl (C=O) groups is 3. The minimum atomic E-state index is -0.882. The van der Waals surface area contributed by atoms with Crippen LogP contribution in [0.4, 0.5) is 0 Å². The minimum absolute atomic E-state index is 0.102. The number of aryl methyl sites for hydroxylation is 1. The molecule has 0 heterocycles. The van der Waals surface area contributed by atoms with Crippen molar-refractivity contribution in [2.24, 2.45) is 11.3 Å². The van der Waals surface area contributed by atoms with Crippen molar-refractivity contribution < 1.29 is 19.5 Å². The molecule has 1 aliphatic carbocycles. The lowest BCUT2D eigenvalue weighted by Gasteiger charge is -2.23. The van der Waals surface area contributed by atoms with Gasteiger partial charge in [0.1, 0.15) is 6.04 Å². The Hall–Kier alpha value is -2.37. The van der Waals surface area contributed by atoms with Crippen molar-refractivity contribution in [3.63, 3.8) is 0 Å². The average molecular weight is 332 g/mol. The molecular formula is C18H24N2O4. The normalized spacial score (nSPS) is 16.3. The number of rotatable bonds is 7. The fourth-order valence-corrected chi connectivity index (χ4v) is 2.57.